The van der Waals surface area contributed by atoms with Gasteiger partial charge in [0.05, 0.1) is 4.91 Å². The Morgan fingerprint density at radius 1 is 1.11 bits per heavy atom. The van der Waals surface area contributed by atoms with Crippen molar-refractivity contribution in [3.8, 4) is 11.5 Å². The zero-order valence-corrected chi connectivity index (χ0v) is 20.5. The van der Waals surface area contributed by atoms with Crippen LogP contribution in [-0.4, -0.2) is 56.9 Å². The van der Waals surface area contributed by atoms with Crippen molar-refractivity contribution in [2.24, 2.45) is 5.92 Å². The fraction of sp³-hybridized carbons (Fsp3) is 0.360. The highest BCUT2D eigenvalue weighted by Gasteiger charge is 2.37. The van der Waals surface area contributed by atoms with Gasteiger partial charge in [-0.1, -0.05) is 36.1 Å². The second-order valence-corrected chi connectivity index (χ2v) is 10.9. The van der Waals surface area contributed by atoms with E-state index in [0.717, 1.165) is 17.7 Å². The topological polar surface area (TPSA) is 81.1 Å². The summed E-state index contributed by atoms with van der Waals surface area (Å²) in [6.07, 6.45) is 2.99. The fourth-order valence-corrected chi connectivity index (χ4v) is 6.62. The Kier molecular flexibility index (Phi) is 5.64. The number of hydrogen-bond donors (Lipinski definition) is 0. The summed E-state index contributed by atoms with van der Waals surface area (Å²) in [6, 6.07) is 10.9. The Bertz CT molecular complexity index is 1340. The molecule has 4 aliphatic rings. The third-order valence-electron chi connectivity index (χ3n) is 6.95. The number of carbonyl (C=O) groups excluding carboxylic acids is 2. The smallest absolute Gasteiger partial charge is 0.266 e. The number of hydrogen-bond acceptors (Lipinski definition) is 7. The van der Waals surface area contributed by atoms with Gasteiger partial charge in [-0.15, -0.1) is 0 Å². The first-order valence-corrected chi connectivity index (χ1v) is 12.8. The summed E-state index contributed by atoms with van der Waals surface area (Å²) >= 11 is 6.69. The van der Waals surface area contributed by atoms with Gasteiger partial charge in [-0.05, 0) is 42.2 Å². The molecule has 0 N–H and O–H groups in total. The van der Waals surface area contributed by atoms with E-state index in [1.807, 2.05) is 33.7 Å². The molecule has 8 nitrogen and oxygen atoms in total. The van der Waals surface area contributed by atoms with Crippen LogP contribution in [0.15, 0.2) is 46.1 Å². The average Bonchev–Trinajstić information content (AvgIpc) is 3.42. The van der Waals surface area contributed by atoms with Crippen LogP contribution in [0.2, 0.25) is 0 Å². The minimum atomic E-state index is -0.186. The van der Waals surface area contributed by atoms with Crippen molar-refractivity contribution in [2.75, 3.05) is 26.4 Å². The van der Waals surface area contributed by atoms with E-state index in [4.69, 9.17) is 21.7 Å². The zero-order chi connectivity index (χ0) is 24.1. The first kappa shape index (κ1) is 22.4. The Morgan fingerprint density at radius 2 is 1.97 bits per heavy atom. The van der Waals surface area contributed by atoms with Crippen LogP contribution >= 0.6 is 24.0 Å². The van der Waals surface area contributed by atoms with Crippen molar-refractivity contribution in [2.45, 2.75) is 25.3 Å². The number of nitrogens with zero attached hydrogens (tertiary/aromatic N) is 3. The van der Waals surface area contributed by atoms with Crippen molar-refractivity contribution in [3.05, 3.63) is 62.9 Å². The number of aromatic nitrogens is 1. The van der Waals surface area contributed by atoms with Crippen LogP contribution < -0.4 is 15.0 Å². The Balaban J connectivity index is 1.10. The van der Waals surface area contributed by atoms with E-state index < -0.39 is 0 Å². The number of carbonyl (C=O) groups is 2. The number of rotatable bonds is 4. The number of thioether (sulfide) groups is 1. The summed E-state index contributed by atoms with van der Waals surface area (Å²) < 4.78 is 13.1. The number of benzene rings is 1. The van der Waals surface area contributed by atoms with E-state index in [1.54, 1.807) is 18.2 Å². The molecule has 2 aromatic rings. The van der Waals surface area contributed by atoms with Gasteiger partial charge >= 0.3 is 0 Å². The van der Waals surface area contributed by atoms with E-state index in [-0.39, 0.29) is 49.0 Å². The lowest BCUT2D eigenvalue weighted by molar-refractivity contribution is -0.134. The highest BCUT2D eigenvalue weighted by atomic mass is 32.2. The van der Waals surface area contributed by atoms with Gasteiger partial charge in [0.2, 0.25) is 12.7 Å². The molecule has 1 aromatic heterocycles. The molecule has 2 fully saturated rings. The van der Waals surface area contributed by atoms with Crippen molar-refractivity contribution < 1.29 is 19.1 Å². The highest BCUT2D eigenvalue weighted by Crippen LogP contribution is 2.37. The van der Waals surface area contributed by atoms with Gasteiger partial charge in [0.1, 0.15) is 4.32 Å². The minimum absolute atomic E-state index is 0.0141. The number of likely N-dealkylation sites (tertiary alicyclic amines) is 1. The van der Waals surface area contributed by atoms with Crippen molar-refractivity contribution in [1.82, 2.24) is 14.4 Å². The monoisotopic (exact) mass is 509 g/mol. The van der Waals surface area contributed by atoms with Crippen LogP contribution in [0.4, 0.5) is 0 Å². The maximum absolute atomic E-state index is 13.1. The SMILES string of the molecule is O=C(CCN1C(=O)C(=Cc2ccc3c(c2)OCO3)SC1=S)N1C[C@H]2C[C@@H](C1)c1cccc(=O)n1C2. The molecule has 5 heterocycles. The Hall–Kier alpha value is -3.11. The summed E-state index contributed by atoms with van der Waals surface area (Å²) in [7, 11) is 0. The first-order chi connectivity index (χ1) is 17.0. The number of pyridine rings is 1. The van der Waals surface area contributed by atoms with Crippen LogP contribution in [0.25, 0.3) is 6.08 Å². The molecular formula is C25H23N3O5S2. The first-order valence-electron chi connectivity index (χ1n) is 11.6. The van der Waals surface area contributed by atoms with Gasteiger partial charge in [0, 0.05) is 50.3 Å². The second kappa shape index (κ2) is 8.83. The zero-order valence-electron chi connectivity index (χ0n) is 18.8. The molecule has 6 rings (SSSR count). The summed E-state index contributed by atoms with van der Waals surface area (Å²) in [5.41, 5.74) is 1.86. The lowest BCUT2D eigenvalue weighted by atomic mass is 9.83. The summed E-state index contributed by atoms with van der Waals surface area (Å²) in [4.78, 5) is 42.2. The Morgan fingerprint density at radius 3 is 2.86 bits per heavy atom. The number of piperidine rings is 1. The number of ether oxygens (including phenoxy) is 2. The predicted octanol–water partition coefficient (Wildman–Crippen LogP) is 2.81. The largest absolute Gasteiger partial charge is 0.454 e. The van der Waals surface area contributed by atoms with Crippen LogP contribution in [0.5, 0.6) is 11.5 Å². The van der Waals surface area contributed by atoms with Crippen molar-refractivity contribution in [1.29, 1.82) is 0 Å². The highest BCUT2D eigenvalue weighted by molar-refractivity contribution is 8.26. The maximum atomic E-state index is 13.1. The molecular weight excluding hydrogens is 486 g/mol. The quantitative estimate of drug-likeness (QED) is 0.463. The van der Waals surface area contributed by atoms with Crippen molar-refractivity contribution >= 4 is 46.2 Å². The third-order valence-corrected chi connectivity index (χ3v) is 8.33. The van der Waals surface area contributed by atoms with Gasteiger partial charge in [0.15, 0.2) is 11.5 Å². The lowest BCUT2D eigenvalue weighted by Gasteiger charge is -2.42. The summed E-state index contributed by atoms with van der Waals surface area (Å²) in [6.45, 7) is 2.33. The van der Waals surface area contributed by atoms with Crippen LogP contribution in [-0.2, 0) is 16.1 Å². The maximum Gasteiger partial charge on any atom is 0.266 e. The molecule has 180 valence electrons. The van der Waals surface area contributed by atoms with Crippen LogP contribution in [0.3, 0.4) is 0 Å². The standard InChI is InChI=1S/C25H23N3O5S2/c29-22(26-11-16-8-17(13-26)18-2-1-3-23(30)28(18)12-16)6-7-27-24(31)21(35-25(27)34)10-15-4-5-19-20(9-15)33-14-32-19/h1-5,9-10,16-17H,6-8,11-14H2/t16-,17+/m1/s1. The molecule has 2 amide bonds. The van der Waals surface area contributed by atoms with Gasteiger partial charge in [-0.2, -0.15) is 0 Å². The molecule has 2 saturated heterocycles. The third kappa shape index (κ3) is 4.14. The van der Waals surface area contributed by atoms with Gasteiger partial charge < -0.3 is 18.9 Å². The van der Waals surface area contributed by atoms with Crippen LogP contribution in [0, 0.1) is 5.92 Å². The normalized spacial score (nSPS) is 23.7. The summed E-state index contributed by atoms with van der Waals surface area (Å²) in [5, 5.41) is 0. The average molecular weight is 510 g/mol. The number of fused-ring (bicyclic) bond motifs is 5. The van der Waals surface area contributed by atoms with Gasteiger partial charge in [0.25, 0.3) is 11.5 Å². The van der Waals surface area contributed by atoms with E-state index in [9.17, 15) is 14.4 Å². The molecule has 2 atom stereocenters. The van der Waals surface area contributed by atoms with E-state index in [0.29, 0.717) is 40.4 Å². The van der Waals surface area contributed by atoms with Crippen molar-refractivity contribution in [3.63, 3.8) is 0 Å². The van der Waals surface area contributed by atoms with E-state index in [2.05, 4.69) is 0 Å². The molecule has 0 spiro atoms. The Labute approximate surface area is 211 Å². The predicted molar refractivity (Wildman–Crippen MR) is 135 cm³/mol. The molecule has 35 heavy (non-hydrogen) atoms. The molecule has 0 saturated carbocycles. The van der Waals surface area contributed by atoms with Gasteiger partial charge in [-0.3, -0.25) is 19.3 Å². The fourth-order valence-electron chi connectivity index (χ4n) is 5.31. The lowest BCUT2D eigenvalue weighted by Crippen LogP contribution is -2.49. The van der Waals surface area contributed by atoms with E-state index in [1.165, 1.54) is 16.7 Å². The molecule has 1 aromatic carbocycles. The number of amides is 2. The molecule has 2 bridgehead atoms. The molecule has 4 aliphatic heterocycles. The number of thiocarbonyl (C=S) groups is 1. The molecule has 0 radical (unpaired) electrons. The van der Waals surface area contributed by atoms with Gasteiger partial charge in [-0.25, -0.2) is 0 Å². The second-order valence-electron chi connectivity index (χ2n) is 9.19. The van der Waals surface area contributed by atoms with E-state index >= 15 is 0 Å². The minimum Gasteiger partial charge on any atom is -0.454 e. The molecule has 0 aliphatic carbocycles. The van der Waals surface area contributed by atoms with Crippen LogP contribution in [0.1, 0.15) is 30.0 Å². The molecule has 0 unspecified atom stereocenters. The summed E-state index contributed by atoms with van der Waals surface area (Å²) in [5.74, 6) is 1.60. The molecule has 10 heteroatoms.